The number of likely N-dealkylation sites (N-methyl/N-ethyl adjacent to an activating group) is 1. The number of hydrogen-bond donors (Lipinski definition) is 0. The fourth-order valence-electron chi connectivity index (χ4n) is 1.32. The summed E-state index contributed by atoms with van der Waals surface area (Å²) in [5, 5.41) is 0. The third-order valence-electron chi connectivity index (χ3n) is 2.54. The van der Waals surface area contributed by atoms with Crippen LogP contribution in [0.2, 0.25) is 0 Å². The molecule has 1 aromatic carbocycles. The zero-order valence-electron chi connectivity index (χ0n) is 9.95. The molecule has 0 unspecified atom stereocenters. The van der Waals surface area contributed by atoms with E-state index >= 15 is 0 Å². The highest BCUT2D eigenvalue weighted by molar-refractivity contribution is 14.1. The second kappa shape index (κ2) is 5.14. The molecule has 0 aliphatic carbocycles. The van der Waals surface area contributed by atoms with Crippen LogP contribution in [0.5, 0.6) is 0 Å². The minimum Gasteiger partial charge on any atom is -0.369 e. The maximum atomic E-state index is 12.1. The molecule has 0 fully saturated rings. The highest BCUT2D eigenvalue weighted by Crippen LogP contribution is 2.23. The summed E-state index contributed by atoms with van der Waals surface area (Å²) in [5.41, 5.74) is 0.103. The number of nitrogens with zero attached hydrogens (tertiary/aromatic N) is 1. The second-order valence-electron chi connectivity index (χ2n) is 4.03. The molecule has 0 radical (unpaired) electrons. The molecular weight excluding hydrogens is 317 g/mol. The predicted octanol–water partition coefficient (Wildman–Crippen LogP) is 2.68. The molecule has 0 aliphatic heterocycles. The molecule has 0 saturated carbocycles. The van der Waals surface area contributed by atoms with Crippen molar-refractivity contribution in [3.05, 3.63) is 27.8 Å². The van der Waals surface area contributed by atoms with E-state index in [0.29, 0.717) is 0 Å². The van der Waals surface area contributed by atoms with Crippen LogP contribution in [0.15, 0.2) is 24.3 Å². The van der Waals surface area contributed by atoms with Gasteiger partial charge in [0.05, 0.1) is 5.69 Å². The van der Waals surface area contributed by atoms with E-state index in [2.05, 4.69) is 22.6 Å². The van der Waals surface area contributed by atoms with Gasteiger partial charge in [-0.1, -0.05) is 12.1 Å². The van der Waals surface area contributed by atoms with Crippen molar-refractivity contribution in [3.8, 4) is 0 Å². The lowest BCUT2D eigenvalue weighted by Gasteiger charge is -2.28. The summed E-state index contributed by atoms with van der Waals surface area (Å²) in [5.74, 6) is -0.0564. The van der Waals surface area contributed by atoms with Crippen molar-refractivity contribution in [2.45, 2.75) is 19.4 Å². The van der Waals surface area contributed by atoms with Gasteiger partial charge in [0.15, 0.2) is 0 Å². The minimum atomic E-state index is -0.798. The monoisotopic (exact) mass is 333 g/mol. The Labute approximate surface area is 110 Å². The van der Waals surface area contributed by atoms with Gasteiger partial charge in [-0.2, -0.15) is 0 Å². The van der Waals surface area contributed by atoms with Crippen LogP contribution < -0.4 is 4.90 Å². The summed E-state index contributed by atoms with van der Waals surface area (Å²) in [6.45, 7) is 3.53. The molecule has 0 aromatic heterocycles. The lowest BCUT2D eigenvalue weighted by molar-refractivity contribution is -0.136. The quantitative estimate of drug-likeness (QED) is 0.796. The summed E-state index contributed by atoms with van der Waals surface area (Å²) < 4.78 is 6.23. The van der Waals surface area contributed by atoms with Crippen LogP contribution in [0.4, 0.5) is 5.69 Å². The highest BCUT2D eigenvalue weighted by Gasteiger charge is 2.31. The van der Waals surface area contributed by atoms with E-state index in [1.54, 1.807) is 32.9 Å². The van der Waals surface area contributed by atoms with E-state index in [0.717, 1.165) is 9.26 Å². The van der Waals surface area contributed by atoms with Gasteiger partial charge >= 0.3 is 0 Å². The van der Waals surface area contributed by atoms with E-state index in [1.807, 2.05) is 24.3 Å². The summed E-state index contributed by atoms with van der Waals surface area (Å²) in [6, 6.07) is 7.76. The van der Waals surface area contributed by atoms with Crippen molar-refractivity contribution < 1.29 is 9.53 Å². The molecule has 3 nitrogen and oxygen atoms in total. The van der Waals surface area contributed by atoms with Gasteiger partial charge in [0.1, 0.15) is 5.60 Å². The first-order valence-electron chi connectivity index (χ1n) is 4.98. The molecule has 0 heterocycles. The van der Waals surface area contributed by atoms with E-state index in [1.165, 1.54) is 0 Å². The van der Waals surface area contributed by atoms with Crippen LogP contribution in [0, 0.1) is 3.57 Å². The van der Waals surface area contributed by atoms with E-state index in [4.69, 9.17) is 4.74 Å². The first-order chi connectivity index (χ1) is 7.40. The van der Waals surface area contributed by atoms with Gasteiger partial charge in [0.25, 0.3) is 5.91 Å². The predicted molar refractivity (Wildman–Crippen MR) is 73.7 cm³/mol. The van der Waals surface area contributed by atoms with E-state index < -0.39 is 5.60 Å². The number of hydrogen-bond acceptors (Lipinski definition) is 2. The molecule has 0 bridgehead atoms. The average Bonchev–Trinajstić information content (AvgIpc) is 2.27. The molecule has 16 heavy (non-hydrogen) atoms. The minimum absolute atomic E-state index is 0.0564. The lowest BCUT2D eigenvalue weighted by atomic mass is 10.1. The Kier molecular flexibility index (Phi) is 4.32. The van der Waals surface area contributed by atoms with Gasteiger partial charge in [0.2, 0.25) is 0 Å². The van der Waals surface area contributed by atoms with Crippen molar-refractivity contribution >= 4 is 34.2 Å². The normalized spacial score (nSPS) is 11.3. The lowest BCUT2D eigenvalue weighted by Crippen LogP contribution is -2.45. The first-order valence-corrected chi connectivity index (χ1v) is 6.06. The number of methoxy groups -OCH3 is 1. The number of rotatable bonds is 3. The molecule has 0 aliphatic rings. The molecule has 88 valence electrons. The number of carbonyl (C=O) groups excluding carboxylic acids is 1. The Morgan fingerprint density at radius 3 is 2.44 bits per heavy atom. The van der Waals surface area contributed by atoms with Crippen LogP contribution in [0.25, 0.3) is 0 Å². The summed E-state index contributed by atoms with van der Waals surface area (Å²) in [6.07, 6.45) is 0. The largest absolute Gasteiger partial charge is 0.369 e. The number of para-hydroxylation sites is 1. The summed E-state index contributed by atoms with van der Waals surface area (Å²) in [4.78, 5) is 13.8. The van der Waals surface area contributed by atoms with Gasteiger partial charge in [-0.15, -0.1) is 0 Å². The number of amides is 1. The van der Waals surface area contributed by atoms with Gasteiger partial charge in [-0.25, -0.2) is 0 Å². The van der Waals surface area contributed by atoms with Crippen LogP contribution >= 0.6 is 22.6 Å². The number of benzene rings is 1. The van der Waals surface area contributed by atoms with E-state index in [-0.39, 0.29) is 5.91 Å². The standard InChI is InChI=1S/C12H16INO2/c1-12(2,16-4)11(15)14(3)10-8-6-5-7-9(10)13/h5-8H,1-4H3. The molecular formula is C12H16INO2. The van der Waals surface area contributed by atoms with Gasteiger partial charge in [-0.05, 0) is 48.6 Å². The molecule has 0 atom stereocenters. The molecule has 0 N–H and O–H groups in total. The second-order valence-corrected chi connectivity index (χ2v) is 5.19. The van der Waals surface area contributed by atoms with Gasteiger partial charge in [-0.3, -0.25) is 4.79 Å². The van der Waals surface area contributed by atoms with Crippen molar-refractivity contribution in [1.29, 1.82) is 0 Å². The molecule has 0 saturated heterocycles. The third kappa shape index (κ3) is 2.74. The summed E-state index contributed by atoms with van der Waals surface area (Å²) >= 11 is 2.21. The smallest absolute Gasteiger partial charge is 0.258 e. The fraction of sp³-hybridized carbons (Fsp3) is 0.417. The number of anilines is 1. The Morgan fingerprint density at radius 2 is 1.94 bits per heavy atom. The van der Waals surface area contributed by atoms with Gasteiger partial charge < -0.3 is 9.64 Å². The van der Waals surface area contributed by atoms with E-state index in [9.17, 15) is 4.79 Å². The summed E-state index contributed by atoms with van der Waals surface area (Å²) in [7, 11) is 3.31. The highest BCUT2D eigenvalue weighted by atomic mass is 127. The topological polar surface area (TPSA) is 29.5 Å². The Bertz CT molecular complexity index is 390. The van der Waals surface area contributed by atoms with Crippen molar-refractivity contribution in [2.24, 2.45) is 0 Å². The SMILES string of the molecule is COC(C)(C)C(=O)N(C)c1ccccc1I. The molecule has 1 aromatic rings. The Balaban J connectivity index is 3.00. The van der Waals surface area contributed by atoms with Crippen LogP contribution in [-0.2, 0) is 9.53 Å². The molecule has 0 spiro atoms. The van der Waals surface area contributed by atoms with Crippen LogP contribution in [-0.4, -0.2) is 25.7 Å². The maximum absolute atomic E-state index is 12.1. The molecule has 1 amide bonds. The fourth-order valence-corrected chi connectivity index (χ4v) is 2.07. The van der Waals surface area contributed by atoms with Crippen molar-refractivity contribution in [1.82, 2.24) is 0 Å². The average molecular weight is 333 g/mol. The number of halogens is 1. The van der Waals surface area contributed by atoms with Crippen LogP contribution in [0.1, 0.15) is 13.8 Å². The molecule has 1 rings (SSSR count). The van der Waals surface area contributed by atoms with Crippen molar-refractivity contribution in [3.63, 3.8) is 0 Å². The van der Waals surface area contributed by atoms with Crippen molar-refractivity contribution in [2.75, 3.05) is 19.1 Å². The van der Waals surface area contributed by atoms with Gasteiger partial charge in [0, 0.05) is 17.7 Å². The zero-order valence-corrected chi connectivity index (χ0v) is 12.1. The maximum Gasteiger partial charge on any atom is 0.258 e. The third-order valence-corrected chi connectivity index (χ3v) is 3.46. The number of carbonyl (C=O) groups is 1. The first kappa shape index (κ1) is 13.4. The zero-order chi connectivity index (χ0) is 12.3. The Hall–Kier alpha value is -0.620. The van der Waals surface area contributed by atoms with Crippen LogP contribution in [0.3, 0.4) is 0 Å². The Morgan fingerprint density at radius 1 is 1.38 bits per heavy atom. The molecule has 4 heteroatoms. The number of ether oxygens (including phenoxy) is 1.